The van der Waals surface area contributed by atoms with Crippen LogP contribution in [0.1, 0.15) is 11.1 Å². The molecular weight excluding hydrogens is 321 g/mol. The van der Waals surface area contributed by atoms with Crippen LogP contribution in [-0.2, 0) is 17.9 Å². The van der Waals surface area contributed by atoms with E-state index in [9.17, 15) is 9.18 Å². The van der Waals surface area contributed by atoms with Gasteiger partial charge in [-0.05, 0) is 36.8 Å². The summed E-state index contributed by atoms with van der Waals surface area (Å²) in [6.07, 6.45) is 1.67. The van der Waals surface area contributed by atoms with E-state index in [2.05, 4.69) is 4.98 Å². The van der Waals surface area contributed by atoms with Crippen LogP contribution in [0.4, 0.5) is 4.39 Å². The Hall–Kier alpha value is -2.89. The third kappa shape index (κ3) is 2.95. The van der Waals surface area contributed by atoms with Crippen molar-refractivity contribution in [2.45, 2.75) is 20.0 Å². The Bertz CT molecular complexity index is 951. The maximum atomic E-state index is 14.1. The van der Waals surface area contributed by atoms with Crippen LogP contribution in [-0.4, -0.2) is 33.5 Å². The zero-order valence-electron chi connectivity index (χ0n) is 13.9. The molecule has 0 fully saturated rings. The van der Waals surface area contributed by atoms with Gasteiger partial charge in [0.1, 0.15) is 24.7 Å². The Kier molecular flexibility index (Phi) is 3.87. The summed E-state index contributed by atoms with van der Waals surface area (Å²) in [7, 11) is 0. The second-order valence-corrected chi connectivity index (χ2v) is 6.24. The van der Waals surface area contributed by atoms with Crippen LogP contribution >= 0.6 is 0 Å². The van der Waals surface area contributed by atoms with E-state index in [0.29, 0.717) is 24.5 Å². The number of carbonyl (C=O) groups excluding carboxylic acids is 1. The predicted octanol–water partition coefficient (Wildman–Crippen LogP) is 2.91. The minimum atomic E-state index is -0.346. The van der Waals surface area contributed by atoms with Crippen molar-refractivity contribution in [3.63, 3.8) is 0 Å². The molecule has 0 spiro atoms. The lowest BCUT2D eigenvalue weighted by Gasteiger charge is -2.20. The molecule has 0 aliphatic carbocycles. The van der Waals surface area contributed by atoms with Crippen molar-refractivity contribution < 1.29 is 13.9 Å². The number of imidazole rings is 1. The van der Waals surface area contributed by atoms with E-state index >= 15 is 0 Å². The number of aryl methyl sites for hydroxylation is 1. The maximum Gasteiger partial charge on any atom is 0.242 e. The van der Waals surface area contributed by atoms with Crippen LogP contribution in [0.5, 0.6) is 5.75 Å². The molecule has 1 aromatic heterocycles. The van der Waals surface area contributed by atoms with Crippen LogP contribution in [0.25, 0.3) is 11.0 Å². The fourth-order valence-electron chi connectivity index (χ4n) is 3.11. The van der Waals surface area contributed by atoms with Gasteiger partial charge in [-0.25, -0.2) is 9.37 Å². The van der Waals surface area contributed by atoms with Crippen molar-refractivity contribution >= 4 is 16.9 Å². The van der Waals surface area contributed by atoms with Crippen molar-refractivity contribution in [2.24, 2.45) is 0 Å². The topological polar surface area (TPSA) is 47.4 Å². The zero-order chi connectivity index (χ0) is 17.4. The molecule has 0 radical (unpaired) electrons. The van der Waals surface area contributed by atoms with Gasteiger partial charge >= 0.3 is 0 Å². The minimum Gasteiger partial charge on any atom is -0.491 e. The fraction of sp³-hybridized carbons (Fsp3) is 0.263. The van der Waals surface area contributed by atoms with Gasteiger partial charge in [0.05, 0.1) is 30.5 Å². The largest absolute Gasteiger partial charge is 0.491 e. The predicted molar refractivity (Wildman–Crippen MR) is 91.8 cm³/mol. The van der Waals surface area contributed by atoms with Gasteiger partial charge in [0.2, 0.25) is 5.91 Å². The van der Waals surface area contributed by atoms with Gasteiger partial charge in [-0.3, -0.25) is 4.79 Å². The normalized spacial score (nSPS) is 14.1. The second kappa shape index (κ2) is 6.20. The highest BCUT2D eigenvalue weighted by Gasteiger charge is 2.22. The van der Waals surface area contributed by atoms with Crippen molar-refractivity contribution in [2.75, 3.05) is 13.2 Å². The lowest BCUT2D eigenvalue weighted by molar-refractivity contribution is -0.132. The first-order valence-corrected chi connectivity index (χ1v) is 8.21. The van der Waals surface area contributed by atoms with Crippen LogP contribution in [0, 0.1) is 12.7 Å². The molecule has 128 valence electrons. The monoisotopic (exact) mass is 339 g/mol. The first-order valence-electron chi connectivity index (χ1n) is 8.21. The molecule has 1 aliphatic rings. The Balaban J connectivity index is 1.58. The third-order valence-corrected chi connectivity index (χ3v) is 4.48. The molecule has 1 aliphatic heterocycles. The Labute approximate surface area is 144 Å². The van der Waals surface area contributed by atoms with Gasteiger partial charge in [-0.1, -0.05) is 12.1 Å². The van der Waals surface area contributed by atoms with Crippen molar-refractivity contribution in [3.8, 4) is 5.75 Å². The standard InChI is InChI=1S/C19H18FN3O2/c1-13-5-6-16-17(9-13)23(12-21-16)11-19(24)22-7-8-25-18-4-2-3-15(20)14(18)10-22/h2-6,9,12H,7-8,10-11H2,1H3. The first kappa shape index (κ1) is 15.6. The Morgan fingerprint density at radius 1 is 1.32 bits per heavy atom. The van der Waals surface area contributed by atoms with E-state index in [1.54, 1.807) is 23.4 Å². The number of aromatic nitrogens is 2. The van der Waals surface area contributed by atoms with Gasteiger partial charge in [-0.2, -0.15) is 0 Å². The van der Waals surface area contributed by atoms with Gasteiger partial charge in [0.25, 0.3) is 0 Å². The minimum absolute atomic E-state index is 0.0829. The van der Waals surface area contributed by atoms with Crippen LogP contribution < -0.4 is 4.74 Å². The van der Waals surface area contributed by atoms with Gasteiger partial charge in [-0.15, -0.1) is 0 Å². The number of carbonyl (C=O) groups is 1. The van der Waals surface area contributed by atoms with Crippen LogP contribution in [0.15, 0.2) is 42.7 Å². The molecule has 0 unspecified atom stereocenters. The number of rotatable bonds is 2. The number of hydrogen-bond donors (Lipinski definition) is 0. The third-order valence-electron chi connectivity index (χ3n) is 4.48. The lowest BCUT2D eigenvalue weighted by atomic mass is 10.1. The molecule has 5 nitrogen and oxygen atoms in total. The summed E-state index contributed by atoms with van der Waals surface area (Å²) in [5.74, 6) is 0.0837. The van der Waals surface area contributed by atoms with Crippen LogP contribution in [0.3, 0.4) is 0 Å². The molecule has 0 bridgehead atoms. The van der Waals surface area contributed by atoms with E-state index in [-0.39, 0.29) is 24.8 Å². The first-order chi connectivity index (χ1) is 12.1. The van der Waals surface area contributed by atoms with E-state index in [4.69, 9.17) is 4.74 Å². The fourth-order valence-corrected chi connectivity index (χ4v) is 3.11. The molecule has 3 aromatic rings. The number of halogens is 1. The highest BCUT2D eigenvalue weighted by Crippen LogP contribution is 2.25. The molecule has 0 saturated heterocycles. The maximum absolute atomic E-state index is 14.1. The molecule has 0 saturated carbocycles. The van der Waals surface area contributed by atoms with E-state index in [1.165, 1.54) is 6.07 Å². The quantitative estimate of drug-likeness (QED) is 0.721. The summed E-state index contributed by atoms with van der Waals surface area (Å²) in [4.78, 5) is 18.7. The average molecular weight is 339 g/mol. The summed E-state index contributed by atoms with van der Waals surface area (Å²) >= 11 is 0. The number of amides is 1. The van der Waals surface area contributed by atoms with Crippen molar-refractivity contribution in [3.05, 3.63) is 59.7 Å². The van der Waals surface area contributed by atoms with E-state index in [0.717, 1.165) is 16.6 Å². The summed E-state index contributed by atoms with van der Waals surface area (Å²) in [6, 6.07) is 10.7. The number of hydrogen-bond acceptors (Lipinski definition) is 3. The molecule has 0 N–H and O–H groups in total. The number of nitrogens with zero attached hydrogens (tertiary/aromatic N) is 3. The van der Waals surface area contributed by atoms with Gasteiger partial charge in [0.15, 0.2) is 0 Å². The smallest absolute Gasteiger partial charge is 0.242 e. The molecule has 2 heterocycles. The summed E-state index contributed by atoms with van der Waals surface area (Å²) in [6.45, 7) is 3.17. The molecule has 6 heteroatoms. The molecule has 1 amide bonds. The van der Waals surface area contributed by atoms with Crippen molar-refractivity contribution in [1.82, 2.24) is 14.5 Å². The Morgan fingerprint density at radius 2 is 2.20 bits per heavy atom. The summed E-state index contributed by atoms with van der Waals surface area (Å²) < 4.78 is 21.5. The molecule has 2 aromatic carbocycles. The molecular formula is C19H18FN3O2. The zero-order valence-corrected chi connectivity index (χ0v) is 13.9. The number of fused-ring (bicyclic) bond motifs is 2. The lowest BCUT2D eigenvalue weighted by Crippen LogP contribution is -2.35. The van der Waals surface area contributed by atoms with E-state index in [1.807, 2.05) is 29.7 Å². The van der Waals surface area contributed by atoms with E-state index < -0.39 is 0 Å². The highest BCUT2D eigenvalue weighted by molar-refractivity contribution is 5.81. The molecule has 4 rings (SSSR count). The SMILES string of the molecule is Cc1ccc2ncn(CC(=O)N3CCOc4cccc(F)c4C3)c2c1. The average Bonchev–Trinajstić information content (AvgIpc) is 2.84. The van der Waals surface area contributed by atoms with Crippen LogP contribution in [0.2, 0.25) is 0 Å². The molecule has 0 atom stereocenters. The summed E-state index contributed by atoms with van der Waals surface area (Å²) in [5, 5.41) is 0. The number of ether oxygens (including phenoxy) is 1. The molecule has 25 heavy (non-hydrogen) atoms. The number of benzene rings is 2. The summed E-state index contributed by atoms with van der Waals surface area (Å²) in [5.41, 5.74) is 3.32. The second-order valence-electron chi connectivity index (χ2n) is 6.24. The van der Waals surface area contributed by atoms with Gasteiger partial charge < -0.3 is 14.2 Å². The van der Waals surface area contributed by atoms with Crippen molar-refractivity contribution in [1.29, 1.82) is 0 Å². The van der Waals surface area contributed by atoms with Gasteiger partial charge in [0, 0.05) is 5.56 Å². The Morgan fingerprint density at radius 3 is 3.08 bits per heavy atom. The highest BCUT2D eigenvalue weighted by atomic mass is 19.1.